The number of nitrogens with zero attached hydrogens (tertiary/aromatic N) is 1. The van der Waals surface area contributed by atoms with Crippen LogP contribution in [-0.4, -0.2) is 23.9 Å². The lowest BCUT2D eigenvalue weighted by Gasteiger charge is -2.26. The zero-order valence-corrected chi connectivity index (χ0v) is 16.9. The van der Waals surface area contributed by atoms with Crippen LogP contribution in [0.4, 0.5) is 14.9 Å². The summed E-state index contributed by atoms with van der Waals surface area (Å²) in [7, 11) is 0. The molecule has 156 valence electrons. The first-order valence-corrected chi connectivity index (χ1v) is 9.70. The van der Waals surface area contributed by atoms with Crippen molar-refractivity contribution in [2.24, 2.45) is 0 Å². The highest BCUT2D eigenvalue weighted by Crippen LogP contribution is 2.32. The van der Waals surface area contributed by atoms with E-state index in [9.17, 15) is 18.8 Å². The number of imide groups is 2. The second-order valence-electron chi connectivity index (χ2n) is 7.30. The Kier molecular flexibility index (Phi) is 5.25. The smallest absolute Gasteiger partial charge is 0.335 e. The molecule has 1 saturated heterocycles. The maximum Gasteiger partial charge on any atom is 0.335 e. The Balaban J connectivity index is 1.86. The van der Waals surface area contributed by atoms with Crippen molar-refractivity contribution in [2.45, 2.75) is 20.0 Å². The first kappa shape index (κ1) is 20.3. The van der Waals surface area contributed by atoms with Gasteiger partial charge in [-0.1, -0.05) is 30.3 Å². The van der Waals surface area contributed by atoms with Crippen LogP contribution in [0.15, 0.2) is 66.2 Å². The first-order chi connectivity index (χ1) is 14.8. The zero-order chi connectivity index (χ0) is 22.1. The Bertz CT molecular complexity index is 1230. The molecule has 1 aliphatic rings. The van der Waals surface area contributed by atoms with Crippen LogP contribution >= 0.6 is 0 Å². The molecular formula is C24H19FN2O4. The van der Waals surface area contributed by atoms with E-state index in [0.717, 1.165) is 27.8 Å². The van der Waals surface area contributed by atoms with Gasteiger partial charge in [0.15, 0.2) is 0 Å². The van der Waals surface area contributed by atoms with Gasteiger partial charge in [-0.25, -0.2) is 14.1 Å². The predicted octanol–water partition coefficient (Wildman–Crippen LogP) is 4.43. The molecule has 7 heteroatoms. The molecule has 6 nitrogen and oxygen atoms in total. The summed E-state index contributed by atoms with van der Waals surface area (Å²) >= 11 is 0. The minimum Gasteiger partial charge on any atom is -0.490 e. The van der Waals surface area contributed by atoms with Gasteiger partial charge in [0.05, 0.1) is 11.8 Å². The van der Waals surface area contributed by atoms with Gasteiger partial charge >= 0.3 is 6.03 Å². The lowest BCUT2D eigenvalue weighted by atomic mass is 9.99. The molecule has 31 heavy (non-hydrogen) atoms. The summed E-state index contributed by atoms with van der Waals surface area (Å²) in [6.45, 7) is 3.75. The highest BCUT2D eigenvalue weighted by atomic mass is 19.1. The molecule has 0 aromatic heterocycles. The molecule has 0 aliphatic carbocycles. The van der Waals surface area contributed by atoms with E-state index in [2.05, 4.69) is 5.32 Å². The van der Waals surface area contributed by atoms with E-state index in [1.165, 1.54) is 18.2 Å². The van der Waals surface area contributed by atoms with E-state index in [-0.39, 0.29) is 17.4 Å². The number of anilines is 1. The van der Waals surface area contributed by atoms with Crippen LogP contribution in [0.25, 0.3) is 16.8 Å². The van der Waals surface area contributed by atoms with Crippen molar-refractivity contribution in [2.75, 3.05) is 4.90 Å². The van der Waals surface area contributed by atoms with Crippen LogP contribution in [0.2, 0.25) is 0 Å². The van der Waals surface area contributed by atoms with E-state index in [0.29, 0.717) is 11.3 Å². The van der Waals surface area contributed by atoms with E-state index in [1.807, 2.05) is 44.2 Å². The molecule has 1 fully saturated rings. The number of halogens is 1. The maximum absolute atomic E-state index is 13.3. The molecule has 1 heterocycles. The third-order valence-electron chi connectivity index (χ3n) is 4.77. The summed E-state index contributed by atoms with van der Waals surface area (Å²) in [5, 5.41) is 3.87. The van der Waals surface area contributed by atoms with Gasteiger partial charge in [-0.2, -0.15) is 0 Å². The fraction of sp³-hybridized carbons (Fsp3) is 0.125. The number of benzene rings is 3. The Morgan fingerprint density at radius 3 is 2.39 bits per heavy atom. The number of carbonyl (C=O) groups is 3. The molecule has 0 unspecified atom stereocenters. The molecule has 0 radical (unpaired) electrons. The van der Waals surface area contributed by atoms with Gasteiger partial charge in [-0.15, -0.1) is 0 Å². The number of barbiturate groups is 1. The van der Waals surface area contributed by atoms with E-state index >= 15 is 0 Å². The summed E-state index contributed by atoms with van der Waals surface area (Å²) in [5.74, 6) is -1.61. The van der Waals surface area contributed by atoms with Crippen LogP contribution < -0.4 is 15.0 Å². The third-order valence-corrected chi connectivity index (χ3v) is 4.77. The number of hydrogen-bond acceptors (Lipinski definition) is 4. The molecule has 0 spiro atoms. The van der Waals surface area contributed by atoms with E-state index < -0.39 is 23.7 Å². The lowest BCUT2D eigenvalue weighted by molar-refractivity contribution is -0.122. The van der Waals surface area contributed by atoms with E-state index in [1.54, 1.807) is 6.07 Å². The minimum absolute atomic E-state index is 0.133. The lowest BCUT2D eigenvalue weighted by Crippen LogP contribution is -2.54. The van der Waals surface area contributed by atoms with Crippen LogP contribution in [0, 0.1) is 5.82 Å². The molecule has 0 saturated carbocycles. The van der Waals surface area contributed by atoms with Crippen molar-refractivity contribution in [3.8, 4) is 5.75 Å². The SMILES string of the molecule is CC(C)Oc1ccc2ccccc2c1/C=C1\C(=O)NC(=O)N(c2ccc(F)cc2)C1=O. The van der Waals surface area contributed by atoms with Gasteiger partial charge in [0, 0.05) is 5.56 Å². The van der Waals surface area contributed by atoms with Crippen LogP contribution in [-0.2, 0) is 9.59 Å². The average molecular weight is 418 g/mol. The molecule has 3 aromatic rings. The summed E-state index contributed by atoms with van der Waals surface area (Å²) in [5.41, 5.74) is 0.478. The van der Waals surface area contributed by atoms with Crippen molar-refractivity contribution < 1.29 is 23.5 Å². The molecule has 0 bridgehead atoms. The third kappa shape index (κ3) is 3.90. The Morgan fingerprint density at radius 2 is 1.68 bits per heavy atom. The van der Waals surface area contributed by atoms with Gasteiger partial charge in [-0.05, 0) is 61.0 Å². The molecular weight excluding hydrogens is 399 g/mol. The van der Waals surface area contributed by atoms with Gasteiger partial charge in [0.25, 0.3) is 11.8 Å². The number of nitrogens with one attached hydrogen (secondary N) is 1. The largest absolute Gasteiger partial charge is 0.490 e. The monoisotopic (exact) mass is 418 g/mol. The minimum atomic E-state index is -0.893. The Labute approximate surface area is 177 Å². The van der Waals surface area contributed by atoms with Crippen LogP contribution in [0.1, 0.15) is 19.4 Å². The van der Waals surface area contributed by atoms with Crippen molar-refractivity contribution >= 4 is 40.4 Å². The van der Waals surface area contributed by atoms with Crippen LogP contribution in [0.3, 0.4) is 0 Å². The number of urea groups is 1. The molecule has 1 aliphatic heterocycles. The molecule has 3 aromatic carbocycles. The number of rotatable bonds is 4. The number of hydrogen-bond donors (Lipinski definition) is 1. The van der Waals surface area contributed by atoms with Gasteiger partial charge in [0.2, 0.25) is 0 Å². The van der Waals surface area contributed by atoms with Crippen LogP contribution in [0.5, 0.6) is 5.75 Å². The number of carbonyl (C=O) groups excluding carboxylic acids is 3. The molecule has 0 atom stereocenters. The molecule has 4 amide bonds. The summed E-state index contributed by atoms with van der Waals surface area (Å²) in [6, 6.07) is 15.2. The summed E-state index contributed by atoms with van der Waals surface area (Å²) in [4.78, 5) is 38.9. The predicted molar refractivity (Wildman–Crippen MR) is 115 cm³/mol. The topological polar surface area (TPSA) is 75.7 Å². The van der Waals surface area contributed by atoms with Gasteiger partial charge in [-0.3, -0.25) is 14.9 Å². The molecule has 1 N–H and O–H groups in total. The first-order valence-electron chi connectivity index (χ1n) is 9.70. The second kappa shape index (κ2) is 8.02. The van der Waals surface area contributed by atoms with Crippen molar-refractivity contribution in [3.63, 3.8) is 0 Å². The standard InChI is InChI=1S/C24H19FN2O4/c1-14(2)31-21-12-7-15-5-3-4-6-18(15)19(21)13-20-22(28)26-24(30)27(23(20)29)17-10-8-16(25)9-11-17/h3-14H,1-2H3,(H,26,28,30)/b20-13+. The van der Waals surface area contributed by atoms with E-state index in [4.69, 9.17) is 4.74 Å². The fourth-order valence-electron chi connectivity index (χ4n) is 3.41. The highest BCUT2D eigenvalue weighted by molar-refractivity contribution is 6.39. The second-order valence-corrected chi connectivity index (χ2v) is 7.30. The number of fused-ring (bicyclic) bond motifs is 1. The quantitative estimate of drug-likeness (QED) is 0.502. The summed E-state index contributed by atoms with van der Waals surface area (Å²) in [6.07, 6.45) is 1.30. The normalized spacial score (nSPS) is 15.7. The zero-order valence-electron chi connectivity index (χ0n) is 16.9. The fourth-order valence-corrected chi connectivity index (χ4v) is 3.41. The average Bonchev–Trinajstić information content (AvgIpc) is 2.73. The van der Waals surface area contributed by atoms with Gasteiger partial charge in [0.1, 0.15) is 17.1 Å². The van der Waals surface area contributed by atoms with Crippen molar-refractivity contribution in [3.05, 3.63) is 77.6 Å². The summed E-state index contributed by atoms with van der Waals surface area (Å²) < 4.78 is 19.2. The Hall–Kier alpha value is -4.00. The molecule has 4 rings (SSSR count). The number of ether oxygens (including phenoxy) is 1. The Morgan fingerprint density at radius 1 is 0.968 bits per heavy atom. The highest BCUT2D eigenvalue weighted by Gasteiger charge is 2.37. The van der Waals surface area contributed by atoms with Crippen molar-refractivity contribution in [1.29, 1.82) is 0 Å². The maximum atomic E-state index is 13.3. The number of amides is 4. The van der Waals surface area contributed by atoms with Gasteiger partial charge < -0.3 is 4.74 Å². The van der Waals surface area contributed by atoms with Crippen molar-refractivity contribution in [1.82, 2.24) is 5.32 Å².